The summed E-state index contributed by atoms with van der Waals surface area (Å²) < 4.78 is 0. The molecule has 248 valence electrons. The molecule has 4 aliphatic carbocycles. The molecule has 0 heterocycles. The molecule has 2 saturated carbocycles. The van der Waals surface area contributed by atoms with Crippen molar-refractivity contribution in [2.75, 3.05) is 39.9 Å². The third-order valence-corrected chi connectivity index (χ3v) is 11.3. The number of nitrogens with one attached hydrogen (secondary N) is 2. The maximum atomic E-state index is 13.0. The van der Waals surface area contributed by atoms with E-state index in [1.165, 1.54) is 5.57 Å². The predicted octanol–water partition coefficient (Wildman–Crippen LogP) is 4.48. The summed E-state index contributed by atoms with van der Waals surface area (Å²) in [6.07, 6.45) is 21.1. The van der Waals surface area contributed by atoms with E-state index in [1.807, 2.05) is 44.4 Å². The Morgan fingerprint density at radius 3 is 2.60 bits per heavy atom. The van der Waals surface area contributed by atoms with Crippen LogP contribution in [0.3, 0.4) is 0 Å². The molecule has 4 aliphatic rings. The van der Waals surface area contributed by atoms with Gasteiger partial charge in [0.25, 0.3) is 0 Å². The summed E-state index contributed by atoms with van der Waals surface area (Å²) in [4.78, 5) is 12.3. The second-order valence-corrected chi connectivity index (χ2v) is 13.8. The zero-order valence-electron chi connectivity index (χ0n) is 27.8. The van der Waals surface area contributed by atoms with Crippen molar-refractivity contribution in [1.82, 2.24) is 10.6 Å². The normalized spacial score (nSPS) is 36.8. The topological polar surface area (TPSA) is 122 Å². The lowest BCUT2D eigenvalue weighted by molar-refractivity contribution is -0.233. The zero-order valence-corrected chi connectivity index (χ0v) is 27.8. The van der Waals surface area contributed by atoms with E-state index in [1.54, 1.807) is 0 Å². The highest BCUT2D eigenvalue weighted by molar-refractivity contribution is 5.75. The number of allylic oxidation sites excluding steroid dienone is 10. The van der Waals surface area contributed by atoms with Gasteiger partial charge in [-0.1, -0.05) is 78.8 Å². The van der Waals surface area contributed by atoms with E-state index < -0.39 is 27.9 Å². The number of carbonyl (C=O) groups is 1. The minimum Gasteiger partial charge on any atom is -0.396 e. The molecule has 2 bridgehead atoms. The van der Waals surface area contributed by atoms with Crippen LogP contribution in [-0.2, 0) is 4.79 Å². The molecule has 0 aromatic rings. The van der Waals surface area contributed by atoms with Gasteiger partial charge >= 0.3 is 0 Å². The van der Waals surface area contributed by atoms with Crippen molar-refractivity contribution >= 4 is 6.29 Å². The first-order valence-corrected chi connectivity index (χ1v) is 16.8. The number of hydrogen-bond donors (Lipinski definition) is 6. The Bertz CT molecular complexity index is 1290. The van der Waals surface area contributed by atoms with Gasteiger partial charge < -0.3 is 31.1 Å². The first kappa shape index (κ1) is 35.5. The van der Waals surface area contributed by atoms with Crippen LogP contribution >= 0.6 is 0 Å². The Balaban J connectivity index is 1.74. The molecule has 7 unspecified atom stereocenters. The van der Waals surface area contributed by atoms with Crippen molar-refractivity contribution in [3.63, 3.8) is 0 Å². The van der Waals surface area contributed by atoms with E-state index in [0.29, 0.717) is 49.8 Å². The summed E-state index contributed by atoms with van der Waals surface area (Å²) in [5, 5.41) is 53.3. The highest BCUT2D eigenvalue weighted by Crippen LogP contribution is 2.75. The molecule has 0 saturated heterocycles. The first-order valence-electron chi connectivity index (χ1n) is 16.8. The Labute approximate surface area is 270 Å². The number of hydrogen-bond acceptors (Lipinski definition) is 7. The third kappa shape index (κ3) is 6.20. The van der Waals surface area contributed by atoms with Gasteiger partial charge in [0.05, 0.1) is 17.8 Å². The molecule has 0 aliphatic heterocycles. The summed E-state index contributed by atoms with van der Waals surface area (Å²) in [5.41, 5.74) is 0.223. The molecule has 0 radical (unpaired) electrons. The molecule has 7 heteroatoms. The fourth-order valence-corrected chi connectivity index (χ4v) is 9.28. The number of aliphatic hydroxyl groups is 4. The largest absolute Gasteiger partial charge is 0.396 e. The van der Waals surface area contributed by atoms with Crippen molar-refractivity contribution in [2.24, 2.45) is 28.6 Å². The lowest BCUT2D eigenvalue weighted by Crippen LogP contribution is -2.72. The molecular formula is C38H56N2O5. The van der Waals surface area contributed by atoms with E-state index in [2.05, 4.69) is 49.3 Å². The van der Waals surface area contributed by atoms with Crippen LogP contribution in [0.15, 0.2) is 83.1 Å². The van der Waals surface area contributed by atoms with Crippen molar-refractivity contribution in [2.45, 2.75) is 76.9 Å². The second kappa shape index (κ2) is 14.6. The third-order valence-electron chi connectivity index (χ3n) is 11.3. The van der Waals surface area contributed by atoms with Crippen LogP contribution < -0.4 is 10.6 Å². The molecule has 0 amide bonds. The number of aldehydes is 1. The summed E-state index contributed by atoms with van der Waals surface area (Å²) in [7, 11) is 1.86. The van der Waals surface area contributed by atoms with Crippen LogP contribution in [-0.4, -0.2) is 77.8 Å². The monoisotopic (exact) mass is 620 g/mol. The summed E-state index contributed by atoms with van der Waals surface area (Å²) in [6, 6.07) is 0. The van der Waals surface area contributed by atoms with Crippen LogP contribution in [0.2, 0.25) is 0 Å². The quantitative estimate of drug-likeness (QED) is 0.0651. The van der Waals surface area contributed by atoms with Crippen molar-refractivity contribution in [3.8, 4) is 0 Å². The van der Waals surface area contributed by atoms with Gasteiger partial charge in [0.1, 0.15) is 6.29 Å². The van der Waals surface area contributed by atoms with Crippen LogP contribution in [0.5, 0.6) is 0 Å². The average molecular weight is 621 g/mol. The van der Waals surface area contributed by atoms with Gasteiger partial charge in [0.15, 0.2) is 0 Å². The maximum Gasteiger partial charge on any atom is 0.145 e. The van der Waals surface area contributed by atoms with Crippen LogP contribution in [0.1, 0.15) is 65.7 Å². The van der Waals surface area contributed by atoms with Gasteiger partial charge in [0, 0.05) is 41.7 Å². The van der Waals surface area contributed by atoms with E-state index in [-0.39, 0.29) is 25.0 Å². The fraction of sp³-hybridized carbons (Fsp3) is 0.605. The Kier molecular flexibility index (Phi) is 11.5. The van der Waals surface area contributed by atoms with Crippen LogP contribution in [0.4, 0.5) is 0 Å². The standard InChI is InChI=1S/C38H56N2O5/c1-6-40-24-28(3)11-7-9-27(2)10-8-12-31(26-43)32-14-16-37-34-33(29(4)25-42)30(23-36(37,44)19-21-39-5)13-15-35(34,20-22-41)17-18-38(32,37)45/h8,10-13,15,17-18,25,30,32,34,39-41,43-45H,2,6-7,9,14,16,19-24,26H2,1,3-5H3. The molecule has 45 heavy (non-hydrogen) atoms. The Hall–Kier alpha value is -2.39. The average Bonchev–Trinajstić information content (AvgIpc) is 3.34. The van der Waals surface area contributed by atoms with Gasteiger partial charge in [0.2, 0.25) is 0 Å². The van der Waals surface area contributed by atoms with Crippen molar-refractivity contribution in [1.29, 1.82) is 0 Å². The predicted molar refractivity (Wildman–Crippen MR) is 181 cm³/mol. The second-order valence-electron chi connectivity index (χ2n) is 13.8. The van der Waals surface area contributed by atoms with Gasteiger partial charge in [-0.2, -0.15) is 0 Å². The minimum absolute atomic E-state index is 0.0579. The minimum atomic E-state index is -1.47. The lowest BCUT2D eigenvalue weighted by atomic mass is 9.37. The zero-order chi connectivity index (χ0) is 32.9. The van der Waals surface area contributed by atoms with Crippen LogP contribution in [0, 0.1) is 28.6 Å². The summed E-state index contributed by atoms with van der Waals surface area (Å²) in [5.74, 6) is -0.924. The number of likely N-dealkylation sites (N-methyl/N-ethyl adjacent to an activating group) is 1. The van der Waals surface area contributed by atoms with E-state index >= 15 is 0 Å². The molecular weight excluding hydrogens is 564 g/mol. The van der Waals surface area contributed by atoms with Crippen molar-refractivity contribution < 1.29 is 25.2 Å². The van der Waals surface area contributed by atoms with Gasteiger partial charge in [-0.25, -0.2) is 0 Å². The molecule has 6 N–H and O–H groups in total. The molecule has 4 rings (SSSR count). The van der Waals surface area contributed by atoms with Crippen molar-refractivity contribution in [3.05, 3.63) is 83.1 Å². The summed E-state index contributed by atoms with van der Waals surface area (Å²) >= 11 is 0. The smallest absolute Gasteiger partial charge is 0.145 e. The Morgan fingerprint density at radius 2 is 1.93 bits per heavy atom. The highest BCUT2D eigenvalue weighted by atomic mass is 16.3. The summed E-state index contributed by atoms with van der Waals surface area (Å²) in [6.45, 7) is 12.4. The molecule has 7 nitrogen and oxygen atoms in total. The number of carbonyl (C=O) groups excluding carboxylic acids is 1. The highest BCUT2D eigenvalue weighted by Gasteiger charge is 2.77. The van der Waals surface area contributed by atoms with Gasteiger partial charge in [-0.3, -0.25) is 4.79 Å². The Morgan fingerprint density at radius 1 is 1.16 bits per heavy atom. The number of fused-ring (bicyclic) bond motifs is 1. The van der Waals surface area contributed by atoms with Crippen LogP contribution in [0.25, 0.3) is 0 Å². The maximum absolute atomic E-state index is 13.0. The molecule has 0 aromatic carbocycles. The SMILES string of the molecule is C=C(C=CC=C(CO)C1CCC23C4C(=C(C)C=O)C(C=CC4(CCO)C=CC12O)CC3(O)CCNC)CCC=C(C)CNCC. The lowest BCUT2D eigenvalue weighted by Gasteiger charge is -2.68. The van der Waals surface area contributed by atoms with Gasteiger partial charge in [-0.15, -0.1) is 0 Å². The molecule has 2 fully saturated rings. The van der Waals surface area contributed by atoms with E-state index in [9.17, 15) is 25.2 Å². The van der Waals surface area contributed by atoms with E-state index in [4.69, 9.17) is 0 Å². The molecule has 7 atom stereocenters. The van der Waals surface area contributed by atoms with E-state index in [0.717, 1.165) is 43.4 Å². The number of aliphatic hydroxyl groups excluding tert-OH is 2. The molecule has 0 aromatic heterocycles. The fourth-order valence-electron chi connectivity index (χ4n) is 9.28. The van der Waals surface area contributed by atoms with Gasteiger partial charge in [-0.05, 0) is 90.1 Å². The first-order chi connectivity index (χ1) is 21.5. The number of rotatable bonds is 16. The molecule has 1 spiro atoms.